The highest BCUT2D eigenvalue weighted by Crippen LogP contribution is 2.66. The van der Waals surface area contributed by atoms with Crippen LogP contribution in [0.4, 0.5) is 4.39 Å². The number of thioether (sulfide) groups is 1. The first-order valence-electron chi connectivity index (χ1n) is 9.92. The molecule has 3 aliphatic rings. The molecule has 6 unspecified atom stereocenters. The van der Waals surface area contributed by atoms with E-state index in [0.717, 1.165) is 36.0 Å². The van der Waals surface area contributed by atoms with Crippen LogP contribution in [0.15, 0.2) is 24.3 Å². The summed E-state index contributed by atoms with van der Waals surface area (Å²) in [4.78, 5) is 0. The predicted octanol–water partition coefficient (Wildman–Crippen LogP) is 6.82. The molecule has 3 fully saturated rings. The zero-order valence-corrected chi connectivity index (χ0v) is 16.8. The Labute approximate surface area is 152 Å². The van der Waals surface area contributed by atoms with Gasteiger partial charge in [0.2, 0.25) is 0 Å². The Morgan fingerprint density at radius 3 is 2.62 bits per heavy atom. The molecular formula is C22H35FS. The molecule has 3 aliphatic carbocycles. The molecule has 7 atom stereocenters. The van der Waals surface area contributed by atoms with Crippen LogP contribution < -0.4 is 0 Å². The summed E-state index contributed by atoms with van der Waals surface area (Å²) in [6.07, 6.45) is 13.6. The van der Waals surface area contributed by atoms with Crippen molar-refractivity contribution in [2.45, 2.75) is 77.1 Å². The Morgan fingerprint density at radius 1 is 1.25 bits per heavy atom. The Morgan fingerprint density at radius 2 is 2.00 bits per heavy atom. The van der Waals surface area contributed by atoms with E-state index in [1.165, 1.54) is 25.7 Å². The first kappa shape index (κ1) is 18.5. The number of rotatable bonds is 4. The van der Waals surface area contributed by atoms with E-state index in [-0.39, 0.29) is 5.41 Å². The van der Waals surface area contributed by atoms with Crippen LogP contribution in [0.5, 0.6) is 0 Å². The molecule has 0 nitrogen and oxygen atoms in total. The fraction of sp³-hybridized carbons (Fsp3) is 0.818. The summed E-state index contributed by atoms with van der Waals surface area (Å²) in [5.41, 5.74) is 1.51. The molecule has 0 amide bonds. The second-order valence-corrected chi connectivity index (χ2v) is 9.99. The molecule has 3 rings (SSSR count). The van der Waals surface area contributed by atoms with E-state index in [2.05, 4.69) is 45.4 Å². The lowest BCUT2D eigenvalue weighted by Gasteiger charge is -2.58. The molecule has 0 N–H and O–H groups in total. The lowest BCUT2D eigenvalue weighted by atomic mass is 9.48. The van der Waals surface area contributed by atoms with E-state index in [1.54, 1.807) is 0 Å². The Kier molecular flexibility index (Phi) is 5.27. The van der Waals surface area contributed by atoms with Crippen molar-refractivity contribution in [2.24, 2.45) is 28.6 Å². The standard InChI is InChI=1S/C22H35FS/c1-6-8-18-19(23)14-15-16-9-10-20(24-5)22(16,4)13-11-17(15)21(18,3)12-7-2/h6,8,15-17,19-20H,1,7,9-14H2,2-5H3/b18-8-/t15?,16?,17?,19-,20?,21?,22?/m0/s1. The van der Waals surface area contributed by atoms with E-state index in [4.69, 9.17) is 0 Å². The summed E-state index contributed by atoms with van der Waals surface area (Å²) in [6.45, 7) is 11.0. The third-order valence-corrected chi connectivity index (χ3v) is 9.34. The molecule has 0 aromatic rings. The van der Waals surface area contributed by atoms with Gasteiger partial charge in [-0.15, -0.1) is 0 Å². The normalized spacial score (nSPS) is 49.7. The number of alkyl halides is 1. The van der Waals surface area contributed by atoms with Crippen LogP contribution in [-0.2, 0) is 0 Å². The zero-order chi connectivity index (χ0) is 17.5. The van der Waals surface area contributed by atoms with E-state index >= 15 is 4.39 Å². The van der Waals surface area contributed by atoms with Crippen molar-refractivity contribution in [3.05, 3.63) is 24.3 Å². The van der Waals surface area contributed by atoms with Crippen LogP contribution in [-0.4, -0.2) is 17.7 Å². The van der Waals surface area contributed by atoms with Crippen molar-refractivity contribution >= 4 is 11.8 Å². The van der Waals surface area contributed by atoms with Gasteiger partial charge in [0.15, 0.2) is 0 Å². The zero-order valence-electron chi connectivity index (χ0n) is 16.0. The summed E-state index contributed by atoms with van der Waals surface area (Å²) in [6, 6.07) is 0. The third kappa shape index (κ3) is 2.63. The molecule has 2 heteroatoms. The summed E-state index contributed by atoms with van der Waals surface area (Å²) >= 11 is 2.06. The highest BCUT2D eigenvalue weighted by molar-refractivity contribution is 7.99. The van der Waals surface area contributed by atoms with E-state index in [1.807, 2.05) is 12.2 Å². The maximum Gasteiger partial charge on any atom is 0.122 e. The number of allylic oxidation sites excluding steroid dienone is 3. The van der Waals surface area contributed by atoms with Crippen LogP contribution in [0, 0.1) is 28.6 Å². The number of halogens is 1. The topological polar surface area (TPSA) is 0 Å². The minimum absolute atomic E-state index is 0.0318. The van der Waals surface area contributed by atoms with Crippen LogP contribution in [0.1, 0.15) is 65.7 Å². The largest absolute Gasteiger partial charge is 0.243 e. The summed E-state index contributed by atoms with van der Waals surface area (Å²) in [5.74, 6) is 1.97. The quantitative estimate of drug-likeness (QED) is 0.536. The van der Waals surface area contributed by atoms with Gasteiger partial charge in [0.1, 0.15) is 6.17 Å². The van der Waals surface area contributed by atoms with E-state index in [0.29, 0.717) is 17.3 Å². The van der Waals surface area contributed by atoms with Crippen molar-refractivity contribution in [1.82, 2.24) is 0 Å². The minimum Gasteiger partial charge on any atom is -0.243 e. The van der Waals surface area contributed by atoms with Gasteiger partial charge < -0.3 is 0 Å². The first-order chi connectivity index (χ1) is 11.4. The van der Waals surface area contributed by atoms with Crippen LogP contribution in [0.25, 0.3) is 0 Å². The fourth-order valence-corrected chi connectivity index (χ4v) is 8.16. The number of hydrogen-bond acceptors (Lipinski definition) is 1. The van der Waals surface area contributed by atoms with E-state index < -0.39 is 6.17 Å². The Bertz CT molecular complexity index is 512. The van der Waals surface area contributed by atoms with Gasteiger partial charge in [-0.05, 0) is 78.9 Å². The molecule has 0 heterocycles. The first-order valence-corrected chi connectivity index (χ1v) is 11.2. The fourth-order valence-electron chi connectivity index (χ4n) is 6.95. The predicted molar refractivity (Wildman–Crippen MR) is 105 cm³/mol. The average Bonchev–Trinajstić information content (AvgIpc) is 2.88. The SMILES string of the molecule is C=C/C=C1/[C@@H](F)CC2C(CCC3(C)C(SC)CCC23)C1(C)CCC. The lowest BCUT2D eigenvalue weighted by molar-refractivity contribution is -0.0500. The molecule has 0 spiro atoms. The molecule has 0 saturated heterocycles. The van der Waals surface area contributed by atoms with Gasteiger partial charge in [0.25, 0.3) is 0 Å². The third-order valence-electron chi connectivity index (χ3n) is 8.00. The van der Waals surface area contributed by atoms with Gasteiger partial charge in [-0.2, -0.15) is 11.8 Å². The smallest absolute Gasteiger partial charge is 0.122 e. The lowest BCUT2D eigenvalue weighted by Crippen LogP contribution is -2.52. The molecule has 136 valence electrons. The van der Waals surface area contributed by atoms with Crippen molar-refractivity contribution in [1.29, 1.82) is 0 Å². The second kappa shape index (κ2) is 6.82. The van der Waals surface area contributed by atoms with Crippen LogP contribution in [0.3, 0.4) is 0 Å². The van der Waals surface area contributed by atoms with E-state index in [9.17, 15) is 0 Å². The van der Waals surface area contributed by atoms with Gasteiger partial charge in [-0.1, -0.05) is 45.9 Å². The molecular weight excluding hydrogens is 315 g/mol. The number of fused-ring (bicyclic) bond motifs is 3. The van der Waals surface area contributed by atoms with Crippen LogP contribution in [0.2, 0.25) is 0 Å². The van der Waals surface area contributed by atoms with Crippen molar-refractivity contribution in [3.63, 3.8) is 0 Å². The second-order valence-electron chi connectivity index (χ2n) is 8.95. The average molecular weight is 351 g/mol. The van der Waals surface area contributed by atoms with Crippen molar-refractivity contribution < 1.29 is 4.39 Å². The molecule has 0 radical (unpaired) electrons. The van der Waals surface area contributed by atoms with Crippen molar-refractivity contribution in [2.75, 3.05) is 6.26 Å². The highest BCUT2D eigenvalue weighted by Gasteiger charge is 2.59. The maximum atomic E-state index is 15.3. The minimum atomic E-state index is -0.767. The van der Waals surface area contributed by atoms with Gasteiger partial charge in [0.05, 0.1) is 0 Å². The summed E-state index contributed by atoms with van der Waals surface area (Å²) < 4.78 is 15.3. The maximum absolute atomic E-state index is 15.3. The molecule has 0 aliphatic heterocycles. The Hall–Kier alpha value is -0.240. The molecule has 3 saturated carbocycles. The van der Waals surface area contributed by atoms with Crippen molar-refractivity contribution in [3.8, 4) is 0 Å². The molecule has 0 bridgehead atoms. The van der Waals surface area contributed by atoms with Gasteiger partial charge >= 0.3 is 0 Å². The monoisotopic (exact) mass is 350 g/mol. The van der Waals surface area contributed by atoms with Gasteiger partial charge in [0, 0.05) is 5.25 Å². The van der Waals surface area contributed by atoms with Gasteiger partial charge in [-0.3, -0.25) is 0 Å². The molecule has 24 heavy (non-hydrogen) atoms. The van der Waals surface area contributed by atoms with Gasteiger partial charge in [-0.25, -0.2) is 4.39 Å². The Balaban J connectivity index is 1.97. The summed E-state index contributed by atoms with van der Waals surface area (Å²) in [5, 5.41) is 0.782. The molecule has 0 aromatic heterocycles. The summed E-state index contributed by atoms with van der Waals surface area (Å²) in [7, 11) is 0. The number of hydrogen-bond donors (Lipinski definition) is 0. The van der Waals surface area contributed by atoms with Crippen LogP contribution >= 0.6 is 11.8 Å². The molecule has 0 aromatic carbocycles. The highest BCUT2D eigenvalue weighted by atomic mass is 32.2.